The molecule has 2 aliphatic heterocycles. The van der Waals surface area contributed by atoms with Crippen LogP contribution in [-0.4, -0.2) is 48.4 Å². The van der Waals surface area contributed by atoms with Gasteiger partial charge >= 0.3 is 0 Å². The van der Waals surface area contributed by atoms with Crippen molar-refractivity contribution in [3.05, 3.63) is 0 Å². The van der Waals surface area contributed by atoms with Gasteiger partial charge < -0.3 is 15.5 Å². The van der Waals surface area contributed by atoms with E-state index in [1.165, 1.54) is 0 Å². The molecule has 0 bridgehead atoms. The monoisotopic (exact) mass is 281 g/mol. The van der Waals surface area contributed by atoms with Crippen LogP contribution in [0.2, 0.25) is 0 Å². The van der Waals surface area contributed by atoms with E-state index in [0.29, 0.717) is 13.0 Å². The Morgan fingerprint density at radius 2 is 2.15 bits per heavy atom. The highest BCUT2D eigenvalue weighted by molar-refractivity contribution is 5.89. The lowest BCUT2D eigenvalue weighted by atomic mass is 10.0. The number of amides is 2. The molecule has 0 aromatic rings. The Labute approximate surface area is 121 Å². The van der Waals surface area contributed by atoms with Crippen LogP contribution in [-0.2, 0) is 9.59 Å². The third-order valence-electron chi connectivity index (χ3n) is 4.45. The number of rotatable bonds is 5. The van der Waals surface area contributed by atoms with Crippen LogP contribution in [0.25, 0.3) is 0 Å². The summed E-state index contributed by atoms with van der Waals surface area (Å²) in [6.07, 6.45) is 4.43. The Kier molecular flexibility index (Phi) is 5.40. The van der Waals surface area contributed by atoms with Gasteiger partial charge in [-0.25, -0.2) is 0 Å². The van der Waals surface area contributed by atoms with Gasteiger partial charge in [0.25, 0.3) is 0 Å². The summed E-state index contributed by atoms with van der Waals surface area (Å²) in [5.74, 6) is 0.0459. The second-order valence-electron chi connectivity index (χ2n) is 6.12. The van der Waals surface area contributed by atoms with Gasteiger partial charge in [0.15, 0.2) is 0 Å². The van der Waals surface area contributed by atoms with Gasteiger partial charge in [-0.3, -0.25) is 9.59 Å². The molecular weight excluding hydrogens is 254 g/mol. The maximum absolute atomic E-state index is 12.3. The highest BCUT2D eigenvalue weighted by Crippen LogP contribution is 2.22. The molecule has 2 fully saturated rings. The minimum absolute atomic E-state index is 0.0662. The third kappa shape index (κ3) is 3.72. The van der Waals surface area contributed by atoms with Crippen LogP contribution in [0.15, 0.2) is 0 Å². The maximum atomic E-state index is 12.3. The number of likely N-dealkylation sites (tertiary alicyclic amines) is 1. The Morgan fingerprint density at radius 3 is 2.80 bits per heavy atom. The largest absolute Gasteiger partial charge is 0.353 e. The first-order valence-electron chi connectivity index (χ1n) is 7.92. The molecule has 0 saturated carbocycles. The number of piperidine rings is 1. The number of carbonyl (C=O) groups excluding carboxylic acids is 2. The van der Waals surface area contributed by atoms with Gasteiger partial charge in [-0.15, -0.1) is 0 Å². The van der Waals surface area contributed by atoms with Crippen LogP contribution in [0, 0.1) is 5.92 Å². The molecular formula is C15H27N3O2. The van der Waals surface area contributed by atoms with Crippen LogP contribution in [0.4, 0.5) is 0 Å². The summed E-state index contributed by atoms with van der Waals surface area (Å²) in [6.45, 7) is 6.73. The van der Waals surface area contributed by atoms with E-state index in [-0.39, 0.29) is 29.8 Å². The van der Waals surface area contributed by atoms with Crippen molar-refractivity contribution in [2.45, 2.75) is 58.0 Å². The van der Waals surface area contributed by atoms with Crippen LogP contribution in [0.5, 0.6) is 0 Å². The lowest BCUT2D eigenvalue weighted by Crippen LogP contribution is -2.45. The SMILES string of the molecule is CCCC(C)N1CC(C(=O)NC2CCNCC2)CC1=O. The van der Waals surface area contributed by atoms with Crippen molar-refractivity contribution in [2.24, 2.45) is 5.92 Å². The zero-order valence-corrected chi connectivity index (χ0v) is 12.7. The summed E-state index contributed by atoms with van der Waals surface area (Å²) in [6, 6.07) is 0.533. The molecule has 0 aromatic carbocycles. The number of hydrogen-bond donors (Lipinski definition) is 2. The molecule has 2 unspecified atom stereocenters. The Morgan fingerprint density at radius 1 is 1.45 bits per heavy atom. The molecule has 0 spiro atoms. The predicted octanol–water partition coefficient (Wildman–Crippen LogP) is 0.892. The standard InChI is InChI=1S/C15H27N3O2/c1-3-4-11(2)18-10-12(9-14(18)19)15(20)17-13-5-7-16-8-6-13/h11-13,16H,3-10H2,1-2H3,(H,17,20). The molecule has 20 heavy (non-hydrogen) atoms. The fraction of sp³-hybridized carbons (Fsp3) is 0.867. The Hall–Kier alpha value is -1.10. The number of hydrogen-bond acceptors (Lipinski definition) is 3. The second-order valence-corrected chi connectivity index (χ2v) is 6.12. The molecule has 0 radical (unpaired) electrons. The number of carbonyl (C=O) groups is 2. The molecule has 0 aromatic heterocycles. The van der Waals surface area contributed by atoms with Crippen molar-refractivity contribution in [3.63, 3.8) is 0 Å². The zero-order chi connectivity index (χ0) is 14.5. The van der Waals surface area contributed by atoms with Gasteiger partial charge in [0.2, 0.25) is 11.8 Å². The van der Waals surface area contributed by atoms with Crippen LogP contribution in [0.1, 0.15) is 46.0 Å². The van der Waals surface area contributed by atoms with E-state index in [0.717, 1.165) is 38.8 Å². The van der Waals surface area contributed by atoms with Crippen molar-refractivity contribution in [1.82, 2.24) is 15.5 Å². The van der Waals surface area contributed by atoms with Gasteiger partial charge in [0.1, 0.15) is 0 Å². The van der Waals surface area contributed by atoms with Crippen molar-refractivity contribution in [2.75, 3.05) is 19.6 Å². The first-order chi connectivity index (χ1) is 9.61. The summed E-state index contributed by atoms with van der Waals surface area (Å²) < 4.78 is 0. The molecule has 0 aliphatic carbocycles. The van der Waals surface area contributed by atoms with Crippen molar-refractivity contribution < 1.29 is 9.59 Å². The summed E-state index contributed by atoms with van der Waals surface area (Å²) in [4.78, 5) is 26.2. The van der Waals surface area contributed by atoms with E-state index >= 15 is 0 Å². The third-order valence-corrected chi connectivity index (χ3v) is 4.45. The first-order valence-corrected chi connectivity index (χ1v) is 7.92. The minimum atomic E-state index is -0.156. The normalized spacial score (nSPS) is 25.8. The second kappa shape index (κ2) is 7.07. The van der Waals surface area contributed by atoms with Crippen molar-refractivity contribution in [1.29, 1.82) is 0 Å². The average Bonchev–Trinajstić information content (AvgIpc) is 2.82. The first kappa shape index (κ1) is 15.3. The summed E-state index contributed by atoms with van der Waals surface area (Å²) >= 11 is 0. The van der Waals surface area contributed by atoms with Gasteiger partial charge in [-0.2, -0.15) is 0 Å². The topological polar surface area (TPSA) is 61.4 Å². The lowest BCUT2D eigenvalue weighted by molar-refractivity contribution is -0.130. The van der Waals surface area contributed by atoms with E-state index in [1.54, 1.807) is 0 Å². The number of nitrogens with zero attached hydrogens (tertiary/aromatic N) is 1. The molecule has 5 heteroatoms. The fourth-order valence-electron chi connectivity index (χ4n) is 3.19. The lowest BCUT2D eigenvalue weighted by Gasteiger charge is -2.26. The van der Waals surface area contributed by atoms with Crippen LogP contribution < -0.4 is 10.6 Å². The molecule has 5 nitrogen and oxygen atoms in total. The fourth-order valence-corrected chi connectivity index (χ4v) is 3.19. The minimum Gasteiger partial charge on any atom is -0.353 e. The van der Waals surface area contributed by atoms with Gasteiger partial charge in [0, 0.05) is 25.0 Å². The zero-order valence-electron chi connectivity index (χ0n) is 12.7. The summed E-state index contributed by atoms with van der Waals surface area (Å²) in [7, 11) is 0. The highest BCUT2D eigenvalue weighted by Gasteiger charge is 2.36. The molecule has 2 amide bonds. The molecule has 114 valence electrons. The molecule has 2 saturated heterocycles. The van der Waals surface area contributed by atoms with Gasteiger partial charge in [-0.1, -0.05) is 13.3 Å². The van der Waals surface area contributed by atoms with E-state index in [2.05, 4.69) is 24.5 Å². The van der Waals surface area contributed by atoms with E-state index < -0.39 is 0 Å². The highest BCUT2D eigenvalue weighted by atomic mass is 16.2. The maximum Gasteiger partial charge on any atom is 0.225 e. The molecule has 2 N–H and O–H groups in total. The summed E-state index contributed by atoms with van der Waals surface area (Å²) in [5, 5.41) is 6.40. The van der Waals surface area contributed by atoms with Crippen molar-refractivity contribution >= 4 is 11.8 Å². The Bertz CT molecular complexity index is 353. The van der Waals surface area contributed by atoms with Crippen molar-refractivity contribution in [3.8, 4) is 0 Å². The van der Waals surface area contributed by atoms with Gasteiger partial charge in [-0.05, 0) is 39.3 Å². The quantitative estimate of drug-likeness (QED) is 0.787. The van der Waals surface area contributed by atoms with E-state index in [1.807, 2.05) is 4.90 Å². The number of nitrogens with one attached hydrogen (secondary N) is 2. The molecule has 2 aliphatic rings. The molecule has 2 rings (SSSR count). The molecule has 2 heterocycles. The van der Waals surface area contributed by atoms with Gasteiger partial charge in [0.05, 0.1) is 5.92 Å². The molecule has 2 atom stereocenters. The summed E-state index contributed by atoms with van der Waals surface area (Å²) in [5.41, 5.74) is 0. The average molecular weight is 281 g/mol. The Balaban J connectivity index is 1.84. The van der Waals surface area contributed by atoms with E-state index in [4.69, 9.17) is 0 Å². The predicted molar refractivity (Wildman–Crippen MR) is 78.2 cm³/mol. The van der Waals surface area contributed by atoms with Crippen LogP contribution >= 0.6 is 0 Å². The van der Waals surface area contributed by atoms with Crippen LogP contribution in [0.3, 0.4) is 0 Å². The smallest absolute Gasteiger partial charge is 0.225 e. The van der Waals surface area contributed by atoms with E-state index in [9.17, 15) is 9.59 Å².